The molecule has 0 atom stereocenters. The Labute approximate surface area is 340 Å². The van der Waals surface area contributed by atoms with Gasteiger partial charge in [0.25, 0.3) is 0 Å². The van der Waals surface area contributed by atoms with Crippen molar-refractivity contribution >= 4 is 79.6 Å². The average molecular weight is 775 g/mol. The molecule has 0 amide bonds. The van der Waals surface area contributed by atoms with Gasteiger partial charge in [0, 0.05) is 10.7 Å². The minimum Gasteiger partial charge on any atom is -0.457 e. The summed E-state index contributed by atoms with van der Waals surface area (Å²) in [6, 6.07) is 81.8. The molecule has 0 N–H and O–H groups in total. The zero-order valence-corrected chi connectivity index (χ0v) is 33.7. The number of pyridine rings is 1. The van der Waals surface area contributed by atoms with Crippen LogP contribution >= 0.6 is 0 Å². The van der Waals surface area contributed by atoms with E-state index in [0.29, 0.717) is 0 Å². The molecule has 0 spiro atoms. The van der Waals surface area contributed by atoms with Crippen molar-refractivity contribution in [1.29, 1.82) is 0 Å². The fraction of sp³-hybridized carbons (Fsp3) is 0. The second-order valence-corrected chi connectivity index (χ2v) is 22.5. The Balaban J connectivity index is 1.16. The van der Waals surface area contributed by atoms with E-state index in [-0.39, 0.29) is 0 Å². The molecule has 0 saturated heterocycles. The summed E-state index contributed by atoms with van der Waals surface area (Å²) in [5, 5.41) is 12.5. The van der Waals surface area contributed by atoms with E-state index in [4.69, 9.17) is 9.72 Å². The number of hydrogen-bond acceptors (Lipinski definition) is 2. The van der Waals surface area contributed by atoms with Gasteiger partial charge in [-0.05, 0) is 66.6 Å². The van der Waals surface area contributed by atoms with Crippen LogP contribution in [-0.4, -0.2) is 25.7 Å². The van der Waals surface area contributed by atoms with Crippen molar-refractivity contribution in [2.75, 3.05) is 0 Å². The number of benzene rings is 8. The molecule has 5 heteroatoms. The van der Waals surface area contributed by atoms with Crippen LogP contribution in [0, 0.1) is 0 Å². The van der Waals surface area contributed by atoms with Gasteiger partial charge < -0.3 is 9.30 Å². The molecule has 0 saturated carbocycles. The molecule has 2 aromatic heterocycles. The van der Waals surface area contributed by atoms with Crippen LogP contribution in [0.1, 0.15) is 0 Å². The highest BCUT2D eigenvalue weighted by Gasteiger charge is 2.49. The van der Waals surface area contributed by atoms with E-state index in [2.05, 4.69) is 235 Å². The summed E-state index contributed by atoms with van der Waals surface area (Å²) in [5.41, 5.74) is 3.22. The molecule has 1 aliphatic heterocycles. The first kappa shape index (κ1) is 34.2. The van der Waals surface area contributed by atoms with Gasteiger partial charge in [-0.15, -0.1) is 0 Å². The first-order valence-electron chi connectivity index (χ1n) is 19.9. The average Bonchev–Trinajstić information content (AvgIpc) is 3.65. The topological polar surface area (TPSA) is 27.1 Å². The molecule has 0 fully saturated rings. The summed E-state index contributed by atoms with van der Waals surface area (Å²) in [6.45, 7) is 0. The smallest absolute Gasteiger partial charge is 0.201 e. The highest BCUT2D eigenvalue weighted by atomic mass is 28.3. The molecule has 11 rings (SSSR count). The second-order valence-electron chi connectivity index (χ2n) is 15.0. The molecular weight excluding hydrogens is 737 g/mol. The lowest BCUT2D eigenvalue weighted by molar-refractivity contribution is 0.493. The lowest BCUT2D eigenvalue weighted by atomic mass is 10.1. The monoisotopic (exact) mass is 774 g/mol. The van der Waals surface area contributed by atoms with Crippen molar-refractivity contribution in [1.82, 2.24) is 9.55 Å². The van der Waals surface area contributed by atoms with E-state index < -0.39 is 16.1 Å². The maximum atomic E-state index is 7.17. The largest absolute Gasteiger partial charge is 0.457 e. The molecule has 1 aliphatic rings. The number of nitrogens with zero attached hydrogens (tertiary/aromatic N) is 2. The Morgan fingerprint density at radius 3 is 1.52 bits per heavy atom. The predicted molar refractivity (Wildman–Crippen MR) is 246 cm³/mol. The lowest BCUT2D eigenvalue weighted by Gasteiger charge is -2.39. The van der Waals surface area contributed by atoms with Gasteiger partial charge in [-0.1, -0.05) is 194 Å². The van der Waals surface area contributed by atoms with E-state index in [0.717, 1.165) is 44.3 Å². The SMILES string of the molecule is c1ccc([Si](c2ccccc2)(c2ccccc2)c2ccc(-n3c4ccccc4c4c5c(ccc43)[Si](c3ccccc3)(c3ccccc3)c3ccccc3O5)cn2)cc1. The normalized spacial score (nSPS) is 13.1. The van der Waals surface area contributed by atoms with Crippen LogP contribution in [-0.2, 0) is 0 Å². The van der Waals surface area contributed by atoms with Crippen LogP contribution in [0.4, 0.5) is 0 Å². The summed E-state index contributed by atoms with van der Waals surface area (Å²) >= 11 is 0. The number of fused-ring (bicyclic) bond motifs is 6. The molecule has 0 radical (unpaired) electrons. The molecule has 58 heavy (non-hydrogen) atoms. The van der Waals surface area contributed by atoms with Gasteiger partial charge in [0.05, 0.1) is 28.3 Å². The van der Waals surface area contributed by atoms with Crippen LogP contribution in [0.3, 0.4) is 0 Å². The quantitative estimate of drug-likeness (QED) is 0.129. The fourth-order valence-electron chi connectivity index (χ4n) is 9.74. The Morgan fingerprint density at radius 2 is 0.948 bits per heavy atom. The van der Waals surface area contributed by atoms with Crippen molar-refractivity contribution < 1.29 is 4.74 Å². The van der Waals surface area contributed by atoms with Crippen LogP contribution in [0.5, 0.6) is 11.5 Å². The highest BCUT2D eigenvalue weighted by Crippen LogP contribution is 2.41. The molecule has 3 nitrogen and oxygen atoms in total. The summed E-state index contributed by atoms with van der Waals surface area (Å²) in [5.74, 6) is 1.87. The Bertz CT molecular complexity index is 2930. The molecule has 0 bridgehead atoms. The van der Waals surface area contributed by atoms with Crippen LogP contribution in [0.15, 0.2) is 231 Å². The number of ether oxygens (including phenoxy) is 1. The highest BCUT2D eigenvalue weighted by molar-refractivity contribution is 7.21. The Hall–Kier alpha value is -7.06. The van der Waals surface area contributed by atoms with Gasteiger partial charge in [-0.25, -0.2) is 0 Å². The fourth-order valence-corrected chi connectivity index (χ4v) is 19.3. The molecule has 0 unspecified atom stereocenters. The zero-order valence-electron chi connectivity index (χ0n) is 31.7. The maximum absolute atomic E-state index is 7.17. The third kappa shape index (κ3) is 5.00. The van der Waals surface area contributed by atoms with Crippen LogP contribution < -0.4 is 46.4 Å². The van der Waals surface area contributed by atoms with Gasteiger partial charge in [0.2, 0.25) is 8.07 Å². The molecule has 3 heterocycles. The van der Waals surface area contributed by atoms with E-state index in [9.17, 15) is 0 Å². The van der Waals surface area contributed by atoms with Gasteiger partial charge in [-0.2, -0.15) is 0 Å². The van der Waals surface area contributed by atoms with E-state index in [1.807, 2.05) is 0 Å². The lowest BCUT2D eigenvalue weighted by Crippen LogP contribution is -2.76. The summed E-state index contributed by atoms with van der Waals surface area (Å²) in [6.07, 6.45) is 2.08. The van der Waals surface area contributed by atoms with Gasteiger partial charge in [0.15, 0.2) is 8.07 Å². The Kier molecular flexibility index (Phi) is 8.17. The van der Waals surface area contributed by atoms with E-state index >= 15 is 0 Å². The number of hydrogen-bond donors (Lipinski definition) is 0. The predicted octanol–water partition coefficient (Wildman–Crippen LogP) is 7.04. The van der Waals surface area contributed by atoms with E-state index in [1.165, 1.54) is 36.3 Å². The van der Waals surface area contributed by atoms with Crippen molar-refractivity contribution in [3.8, 4) is 17.2 Å². The van der Waals surface area contributed by atoms with Gasteiger partial charge in [0.1, 0.15) is 11.5 Å². The zero-order chi connectivity index (χ0) is 38.5. The van der Waals surface area contributed by atoms with E-state index in [1.54, 1.807) is 0 Å². The summed E-state index contributed by atoms with van der Waals surface area (Å²) in [4.78, 5) is 5.49. The summed E-state index contributed by atoms with van der Waals surface area (Å²) < 4.78 is 9.54. The first-order chi connectivity index (χ1) is 28.8. The second kappa shape index (κ2) is 13.8. The van der Waals surface area contributed by atoms with Gasteiger partial charge in [-0.3, -0.25) is 4.98 Å². The minimum absolute atomic E-state index is 0.925. The van der Waals surface area contributed by atoms with Crippen molar-refractivity contribution in [2.24, 2.45) is 0 Å². The molecule has 8 aromatic carbocycles. The molecule has 10 aromatic rings. The number of rotatable bonds is 7. The van der Waals surface area contributed by atoms with Crippen molar-refractivity contribution in [2.45, 2.75) is 0 Å². The van der Waals surface area contributed by atoms with Gasteiger partial charge >= 0.3 is 0 Å². The van der Waals surface area contributed by atoms with Crippen LogP contribution in [0.2, 0.25) is 0 Å². The number of para-hydroxylation sites is 2. The third-order valence-corrected chi connectivity index (χ3v) is 21.6. The molecule has 274 valence electrons. The first-order valence-corrected chi connectivity index (χ1v) is 23.9. The number of aromatic nitrogens is 2. The van der Waals surface area contributed by atoms with Crippen LogP contribution in [0.25, 0.3) is 27.5 Å². The maximum Gasteiger partial charge on any atom is 0.201 e. The third-order valence-electron chi connectivity index (χ3n) is 12.1. The molecule has 0 aliphatic carbocycles. The van der Waals surface area contributed by atoms with Crippen molar-refractivity contribution in [3.05, 3.63) is 231 Å². The minimum atomic E-state index is -2.82. The standard InChI is InChI=1S/C53H38N2OSi2/c1-6-20-40(21-7-1)57(41-22-8-2-9-23-41,42-24-10-3-11-25-42)51-37-34-39(38-54-51)55-46-31-17-16-30-45(46)52-47(55)35-36-50-53(52)56-48-32-18-19-33-49(48)58(50,43-26-12-4-13-27-43)44-28-14-5-15-29-44/h1-38H. The Morgan fingerprint density at radius 1 is 0.431 bits per heavy atom. The molecular formula is C53H38N2OSi2. The van der Waals surface area contributed by atoms with Crippen molar-refractivity contribution in [3.63, 3.8) is 0 Å². The summed E-state index contributed by atoms with van der Waals surface area (Å²) in [7, 11) is -5.60.